The van der Waals surface area contributed by atoms with E-state index >= 15 is 0 Å². The molecule has 0 N–H and O–H groups in total. The lowest BCUT2D eigenvalue weighted by Crippen LogP contribution is -1.89. The molecule has 3 aromatic carbocycles. The Balaban J connectivity index is 1.91. The zero-order chi connectivity index (χ0) is 13.4. The molecule has 1 aromatic heterocycles. The van der Waals surface area contributed by atoms with Gasteiger partial charge in [-0.05, 0) is 22.9 Å². The predicted octanol–water partition coefficient (Wildman–Crippen LogP) is 4.45. The fourth-order valence-corrected chi connectivity index (χ4v) is 2.44. The summed E-state index contributed by atoms with van der Waals surface area (Å²) in [4.78, 5) is 9.11. The monoisotopic (exact) mass is 256 g/mol. The number of aromatic nitrogens is 2. The molecule has 0 aliphatic rings. The molecule has 4 aromatic rings. The highest BCUT2D eigenvalue weighted by Crippen LogP contribution is 2.23. The van der Waals surface area contributed by atoms with E-state index in [1.165, 1.54) is 10.8 Å². The first-order valence-electron chi connectivity index (χ1n) is 6.61. The van der Waals surface area contributed by atoms with Crippen LogP contribution in [0.2, 0.25) is 0 Å². The normalized spacial score (nSPS) is 11.0. The van der Waals surface area contributed by atoms with Gasteiger partial charge in [-0.25, -0.2) is 9.97 Å². The Morgan fingerprint density at radius 3 is 2.30 bits per heavy atom. The molecule has 0 bridgehead atoms. The smallest absolute Gasteiger partial charge is 0.159 e. The van der Waals surface area contributed by atoms with Crippen LogP contribution in [0, 0.1) is 0 Å². The molecular formula is C18H12N2. The van der Waals surface area contributed by atoms with Crippen molar-refractivity contribution in [3.8, 4) is 11.4 Å². The van der Waals surface area contributed by atoms with Gasteiger partial charge in [-0.2, -0.15) is 0 Å². The molecule has 0 fully saturated rings. The topological polar surface area (TPSA) is 25.8 Å². The largest absolute Gasteiger partial charge is 0.236 e. The van der Waals surface area contributed by atoms with E-state index in [9.17, 15) is 0 Å². The van der Waals surface area contributed by atoms with Gasteiger partial charge in [0.1, 0.15) is 0 Å². The zero-order valence-electron chi connectivity index (χ0n) is 10.8. The quantitative estimate of drug-likeness (QED) is 0.503. The molecule has 0 aliphatic heterocycles. The van der Waals surface area contributed by atoms with Crippen molar-refractivity contribution in [1.29, 1.82) is 0 Å². The minimum absolute atomic E-state index is 0.773. The Morgan fingerprint density at radius 1 is 0.650 bits per heavy atom. The van der Waals surface area contributed by atoms with Crippen molar-refractivity contribution in [1.82, 2.24) is 9.97 Å². The molecule has 0 aliphatic carbocycles. The number of rotatable bonds is 1. The van der Waals surface area contributed by atoms with Crippen molar-refractivity contribution in [3.63, 3.8) is 0 Å². The van der Waals surface area contributed by atoms with Crippen molar-refractivity contribution < 1.29 is 0 Å². The van der Waals surface area contributed by atoms with Crippen LogP contribution < -0.4 is 0 Å². The van der Waals surface area contributed by atoms with Gasteiger partial charge in [0.05, 0.1) is 5.52 Å². The molecule has 0 saturated carbocycles. The minimum Gasteiger partial charge on any atom is -0.236 e. The van der Waals surface area contributed by atoms with Gasteiger partial charge in [-0.15, -0.1) is 0 Å². The number of benzene rings is 3. The molecule has 0 radical (unpaired) electrons. The van der Waals surface area contributed by atoms with Crippen LogP contribution in [-0.4, -0.2) is 9.97 Å². The third-order valence-corrected chi connectivity index (χ3v) is 3.50. The molecule has 0 spiro atoms. The van der Waals surface area contributed by atoms with E-state index in [0.717, 1.165) is 22.3 Å². The Bertz CT molecular complexity index is 836. The summed E-state index contributed by atoms with van der Waals surface area (Å²) in [5.74, 6) is 0.773. The highest BCUT2D eigenvalue weighted by molar-refractivity contribution is 5.87. The van der Waals surface area contributed by atoms with Gasteiger partial charge in [0.2, 0.25) is 0 Å². The molecule has 0 atom stereocenters. The summed E-state index contributed by atoms with van der Waals surface area (Å²) in [6, 6.07) is 22.7. The first-order chi connectivity index (χ1) is 9.90. The summed E-state index contributed by atoms with van der Waals surface area (Å²) in [7, 11) is 0. The van der Waals surface area contributed by atoms with Gasteiger partial charge in [0, 0.05) is 17.1 Å². The standard InChI is InChI=1S/C18H12N2/c1-2-6-14-11-15(10-9-13(14)5-1)18-19-12-16-7-3-4-8-17(16)20-18/h1-12H. The maximum Gasteiger partial charge on any atom is 0.159 e. The van der Waals surface area contributed by atoms with Crippen LogP contribution in [0.4, 0.5) is 0 Å². The summed E-state index contributed by atoms with van der Waals surface area (Å²) in [5.41, 5.74) is 2.03. The molecule has 0 amide bonds. The lowest BCUT2D eigenvalue weighted by Gasteiger charge is -2.04. The van der Waals surface area contributed by atoms with Crippen LogP contribution in [0.5, 0.6) is 0 Å². The summed E-state index contributed by atoms with van der Waals surface area (Å²) in [6.45, 7) is 0. The number of fused-ring (bicyclic) bond motifs is 2. The summed E-state index contributed by atoms with van der Waals surface area (Å²) < 4.78 is 0. The second kappa shape index (κ2) is 4.42. The van der Waals surface area contributed by atoms with Gasteiger partial charge in [0.15, 0.2) is 5.82 Å². The SMILES string of the molecule is c1ccc2cc(-c3ncc4ccccc4n3)ccc2c1. The highest BCUT2D eigenvalue weighted by atomic mass is 14.9. The number of para-hydroxylation sites is 1. The van der Waals surface area contributed by atoms with E-state index < -0.39 is 0 Å². The zero-order valence-corrected chi connectivity index (χ0v) is 10.8. The van der Waals surface area contributed by atoms with Gasteiger partial charge >= 0.3 is 0 Å². The Labute approximate surface area is 116 Å². The molecule has 0 saturated heterocycles. The van der Waals surface area contributed by atoms with Crippen molar-refractivity contribution in [3.05, 3.63) is 72.9 Å². The summed E-state index contributed by atoms with van der Waals surface area (Å²) >= 11 is 0. The Kier molecular flexibility index (Phi) is 2.46. The van der Waals surface area contributed by atoms with Crippen molar-refractivity contribution in [2.24, 2.45) is 0 Å². The molecule has 20 heavy (non-hydrogen) atoms. The first kappa shape index (κ1) is 11.1. The minimum atomic E-state index is 0.773. The molecule has 2 heteroatoms. The van der Waals surface area contributed by atoms with Crippen LogP contribution >= 0.6 is 0 Å². The number of nitrogens with zero attached hydrogens (tertiary/aromatic N) is 2. The summed E-state index contributed by atoms with van der Waals surface area (Å²) in [5, 5.41) is 3.51. The van der Waals surface area contributed by atoms with Crippen LogP contribution in [0.25, 0.3) is 33.1 Å². The first-order valence-corrected chi connectivity index (χ1v) is 6.61. The van der Waals surface area contributed by atoms with E-state index in [4.69, 9.17) is 0 Å². The number of hydrogen-bond donors (Lipinski definition) is 0. The van der Waals surface area contributed by atoms with Crippen molar-refractivity contribution in [2.45, 2.75) is 0 Å². The molecule has 4 rings (SSSR count). The van der Waals surface area contributed by atoms with Crippen LogP contribution in [0.3, 0.4) is 0 Å². The molecule has 1 heterocycles. The fraction of sp³-hybridized carbons (Fsp3) is 0. The summed E-state index contributed by atoms with van der Waals surface area (Å²) in [6.07, 6.45) is 1.88. The van der Waals surface area contributed by atoms with Crippen LogP contribution in [0.15, 0.2) is 72.9 Å². The fourth-order valence-electron chi connectivity index (χ4n) is 2.44. The predicted molar refractivity (Wildman–Crippen MR) is 82.5 cm³/mol. The molecular weight excluding hydrogens is 244 g/mol. The van der Waals surface area contributed by atoms with Gasteiger partial charge in [-0.3, -0.25) is 0 Å². The molecule has 0 unspecified atom stereocenters. The highest BCUT2D eigenvalue weighted by Gasteiger charge is 2.03. The number of hydrogen-bond acceptors (Lipinski definition) is 2. The maximum absolute atomic E-state index is 4.64. The van der Waals surface area contributed by atoms with E-state index in [1.54, 1.807) is 0 Å². The second-order valence-electron chi connectivity index (χ2n) is 4.81. The van der Waals surface area contributed by atoms with Crippen molar-refractivity contribution >= 4 is 21.7 Å². The van der Waals surface area contributed by atoms with E-state index in [1.807, 2.05) is 36.5 Å². The van der Waals surface area contributed by atoms with E-state index in [0.29, 0.717) is 0 Å². The Morgan fingerprint density at radius 2 is 1.40 bits per heavy atom. The van der Waals surface area contributed by atoms with Crippen LogP contribution in [0.1, 0.15) is 0 Å². The van der Waals surface area contributed by atoms with E-state index in [2.05, 4.69) is 46.4 Å². The second-order valence-corrected chi connectivity index (χ2v) is 4.81. The maximum atomic E-state index is 4.64. The average Bonchev–Trinajstić information content (AvgIpc) is 2.54. The average molecular weight is 256 g/mol. The third kappa shape index (κ3) is 1.82. The van der Waals surface area contributed by atoms with Gasteiger partial charge in [0.25, 0.3) is 0 Å². The molecule has 94 valence electrons. The third-order valence-electron chi connectivity index (χ3n) is 3.50. The van der Waals surface area contributed by atoms with E-state index in [-0.39, 0.29) is 0 Å². The lowest BCUT2D eigenvalue weighted by atomic mass is 10.1. The van der Waals surface area contributed by atoms with Gasteiger partial charge in [-0.1, -0.05) is 54.6 Å². The Hall–Kier alpha value is -2.74. The van der Waals surface area contributed by atoms with Crippen LogP contribution in [-0.2, 0) is 0 Å². The van der Waals surface area contributed by atoms with Crippen molar-refractivity contribution in [2.75, 3.05) is 0 Å². The molecule has 2 nitrogen and oxygen atoms in total. The lowest BCUT2D eigenvalue weighted by molar-refractivity contribution is 1.23. The van der Waals surface area contributed by atoms with Gasteiger partial charge < -0.3 is 0 Å².